The molecule has 5 aromatic rings. The van der Waals surface area contributed by atoms with E-state index in [1.165, 1.54) is 12.4 Å². The number of cyclic esters (lactones) is 2. The van der Waals surface area contributed by atoms with Crippen LogP contribution in [-0.2, 0) is 44.4 Å². The van der Waals surface area contributed by atoms with E-state index in [0.29, 0.717) is 26.1 Å². The van der Waals surface area contributed by atoms with Gasteiger partial charge in [0, 0.05) is 42.6 Å². The molecule has 6 rings (SSSR count). The third-order valence-corrected chi connectivity index (χ3v) is 7.27. The van der Waals surface area contributed by atoms with E-state index in [9.17, 15) is 14.7 Å². The monoisotopic (exact) mass is 563 g/mol. The number of rotatable bonds is 10. The number of aromatic amines is 1. The molecule has 42 heavy (non-hydrogen) atoms. The Labute approximate surface area is 242 Å². The fourth-order valence-electron chi connectivity index (χ4n) is 5.17. The predicted octanol–water partition coefficient (Wildman–Crippen LogP) is 4.46. The minimum absolute atomic E-state index is 0.196. The molecule has 1 aliphatic rings. The van der Waals surface area contributed by atoms with Gasteiger partial charge in [0.15, 0.2) is 0 Å². The van der Waals surface area contributed by atoms with Gasteiger partial charge in [-0.25, -0.2) is 9.59 Å². The number of carbonyl (C=O) groups excluding carboxylic acids is 2. The van der Waals surface area contributed by atoms with Crippen molar-refractivity contribution < 1.29 is 28.9 Å². The zero-order chi connectivity index (χ0) is 28.9. The molecule has 2 N–H and O–H groups in total. The summed E-state index contributed by atoms with van der Waals surface area (Å²) in [4.78, 5) is 33.9. The standard InChI is InChI=1S/C33H29N3O6/c37-30-31(38)42-33(39,26-13-8-17-34-20-26)32(41-30)36(21-23-9-3-1-4-10-23)18-16-25-19-35-29-27(25)14-7-15-28(29)40-22-24-11-5-2-6-12-24/h1-15,17,19-20,32,35,39H,16,18,21-22H2/t32?,33-/m1/s1. The highest BCUT2D eigenvalue weighted by molar-refractivity contribution is 6.30. The molecular weight excluding hydrogens is 534 g/mol. The van der Waals surface area contributed by atoms with Crippen molar-refractivity contribution in [1.29, 1.82) is 0 Å². The van der Waals surface area contributed by atoms with E-state index in [2.05, 4.69) is 9.97 Å². The summed E-state index contributed by atoms with van der Waals surface area (Å²) in [7, 11) is 0. The van der Waals surface area contributed by atoms with Gasteiger partial charge in [0.1, 0.15) is 12.4 Å². The predicted molar refractivity (Wildman–Crippen MR) is 154 cm³/mol. The Bertz CT molecular complexity index is 1680. The van der Waals surface area contributed by atoms with E-state index in [1.807, 2.05) is 85.1 Å². The van der Waals surface area contributed by atoms with Gasteiger partial charge in [-0.3, -0.25) is 9.88 Å². The lowest BCUT2D eigenvalue weighted by Gasteiger charge is -2.43. The van der Waals surface area contributed by atoms with Crippen molar-refractivity contribution in [2.45, 2.75) is 31.6 Å². The van der Waals surface area contributed by atoms with Crippen LogP contribution in [0.1, 0.15) is 22.3 Å². The van der Waals surface area contributed by atoms with Gasteiger partial charge < -0.3 is 24.3 Å². The Hall–Kier alpha value is -4.99. The minimum Gasteiger partial charge on any atom is -0.487 e. The highest BCUT2D eigenvalue weighted by atomic mass is 16.7. The zero-order valence-corrected chi connectivity index (χ0v) is 22.7. The summed E-state index contributed by atoms with van der Waals surface area (Å²) in [5, 5.41) is 12.7. The van der Waals surface area contributed by atoms with Gasteiger partial charge in [0.05, 0.1) is 5.52 Å². The number of para-hydroxylation sites is 1. The molecule has 1 fully saturated rings. The van der Waals surface area contributed by atoms with Gasteiger partial charge in [-0.2, -0.15) is 0 Å². The topological polar surface area (TPSA) is 114 Å². The Morgan fingerprint density at radius 2 is 1.67 bits per heavy atom. The van der Waals surface area contributed by atoms with E-state index in [-0.39, 0.29) is 5.56 Å². The molecular formula is C33H29N3O6. The number of ether oxygens (including phenoxy) is 3. The molecule has 0 saturated carbocycles. The number of pyridine rings is 1. The normalized spacial score (nSPS) is 18.6. The molecule has 9 nitrogen and oxygen atoms in total. The third-order valence-electron chi connectivity index (χ3n) is 7.27. The quantitative estimate of drug-likeness (QED) is 0.189. The molecule has 3 aromatic carbocycles. The van der Waals surface area contributed by atoms with Crippen LogP contribution >= 0.6 is 0 Å². The summed E-state index contributed by atoms with van der Waals surface area (Å²) in [6.45, 7) is 1.11. The maximum atomic E-state index is 12.4. The first-order chi connectivity index (χ1) is 20.5. The Morgan fingerprint density at radius 1 is 0.905 bits per heavy atom. The van der Waals surface area contributed by atoms with Crippen LogP contribution in [0.5, 0.6) is 5.75 Å². The summed E-state index contributed by atoms with van der Waals surface area (Å²) in [5.41, 5.74) is 4.08. The molecule has 1 saturated heterocycles. The molecule has 0 bridgehead atoms. The van der Waals surface area contributed by atoms with Crippen LogP contribution in [0, 0.1) is 0 Å². The number of esters is 2. The molecule has 9 heteroatoms. The lowest BCUT2D eigenvalue weighted by Crippen LogP contribution is -2.60. The average Bonchev–Trinajstić information content (AvgIpc) is 3.45. The molecule has 0 spiro atoms. The third kappa shape index (κ3) is 5.60. The molecule has 0 radical (unpaired) electrons. The SMILES string of the molecule is O=C1OC(N(CCc2c[nH]c3c(OCc4ccccc4)cccc23)Cc2ccccc2)[C@@](O)(c2cccnc2)OC1=O. The Morgan fingerprint density at radius 3 is 2.40 bits per heavy atom. The Kier molecular flexibility index (Phi) is 7.68. The molecule has 2 aromatic heterocycles. The zero-order valence-electron chi connectivity index (χ0n) is 22.7. The van der Waals surface area contributed by atoms with Gasteiger partial charge in [-0.1, -0.05) is 72.8 Å². The number of benzene rings is 3. The lowest BCUT2D eigenvalue weighted by atomic mass is 10.0. The summed E-state index contributed by atoms with van der Waals surface area (Å²) in [6.07, 6.45) is 4.06. The molecule has 0 aliphatic carbocycles. The van der Waals surface area contributed by atoms with Crippen molar-refractivity contribution >= 4 is 22.8 Å². The van der Waals surface area contributed by atoms with Gasteiger partial charge in [-0.15, -0.1) is 0 Å². The summed E-state index contributed by atoms with van der Waals surface area (Å²) in [5.74, 6) is -3.95. The van der Waals surface area contributed by atoms with E-state index in [0.717, 1.165) is 33.3 Å². The minimum atomic E-state index is -2.26. The summed E-state index contributed by atoms with van der Waals surface area (Å²) < 4.78 is 17.0. The largest absolute Gasteiger partial charge is 0.487 e. The average molecular weight is 564 g/mol. The number of fused-ring (bicyclic) bond motifs is 1. The Balaban J connectivity index is 1.29. The molecule has 1 unspecified atom stereocenters. The molecule has 1 aliphatic heterocycles. The van der Waals surface area contributed by atoms with Crippen molar-refractivity contribution in [2.24, 2.45) is 0 Å². The van der Waals surface area contributed by atoms with Crippen LogP contribution in [-0.4, -0.2) is 44.7 Å². The fourth-order valence-corrected chi connectivity index (χ4v) is 5.17. The maximum Gasteiger partial charge on any atom is 0.420 e. The number of hydrogen-bond acceptors (Lipinski definition) is 8. The van der Waals surface area contributed by atoms with Crippen LogP contribution in [0.3, 0.4) is 0 Å². The van der Waals surface area contributed by atoms with Crippen LogP contribution in [0.15, 0.2) is 110 Å². The highest BCUT2D eigenvalue weighted by Crippen LogP contribution is 2.35. The van der Waals surface area contributed by atoms with Gasteiger partial charge >= 0.3 is 11.9 Å². The number of nitrogens with zero attached hydrogens (tertiary/aromatic N) is 2. The molecule has 212 valence electrons. The van der Waals surface area contributed by atoms with E-state index >= 15 is 0 Å². The van der Waals surface area contributed by atoms with Gasteiger partial charge in [0.2, 0.25) is 6.23 Å². The first kappa shape index (κ1) is 27.2. The smallest absolute Gasteiger partial charge is 0.420 e. The van der Waals surface area contributed by atoms with Crippen LogP contribution in [0.25, 0.3) is 10.9 Å². The van der Waals surface area contributed by atoms with Gasteiger partial charge in [0.25, 0.3) is 5.79 Å². The van der Waals surface area contributed by atoms with Crippen LogP contribution < -0.4 is 4.74 Å². The van der Waals surface area contributed by atoms with E-state index in [1.54, 1.807) is 17.0 Å². The van der Waals surface area contributed by atoms with E-state index < -0.39 is 24.0 Å². The first-order valence-electron chi connectivity index (χ1n) is 13.6. The second kappa shape index (κ2) is 11.9. The number of aromatic nitrogens is 2. The first-order valence-corrected chi connectivity index (χ1v) is 13.6. The molecule has 3 heterocycles. The van der Waals surface area contributed by atoms with E-state index in [4.69, 9.17) is 14.2 Å². The van der Waals surface area contributed by atoms with Crippen molar-refractivity contribution in [3.8, 4) is 5.75 Å². The number of nitrogens with one attached hydrogen (secondary N) is 1. The van der Waals surface area contributed by atoms with Crippen molar-refractivity contribution in [3.05, 3.63) is 132 Å². The second-order valence-electron chi connectivity index (χ2n) is 10.1. The molecule has 0 amide bonds. The fraction of sp³-hybridized carbons (Fsp3) is 0.182. The van der Waals surface area contributed by atoms with Crippen molar-refractivity contribution in [3.63, 3.8) is 0 Å². The summed E-state index contributed by atoms with van der Waals surface area (Å²) >= 11 is 0. The number of H-pyrrole nitrogens is 1. The number of carbonyl (C=O) groups is 2. The maximum absolute atomic E-state index is 12.4. The van der Waals surface area contributed by atoms with Crippen molar-refractivity contribution in [1.82, 2.24) is 14.9 Å². The van der Waals surface area contributed by atoms with Crippen molar-refractivity contribution in [2.75, 3.05) is 6.54 Å². The number of hydrogen-bond donors (Lipinski definition) is 2. The molecule has 2 atom stereocenters. The number of aliphatic hydroxyl groups is 1. The van der Waals surface area contributed by atoms with Crippen LogP contribution in [0.2, 0.25) is 0 Å². The highest BCUT2D eigenvalue weighted by Gasteiger charge is 2.54. The lowest BCUT2D eigenvalue weighted by molar-refractivity contribution is -0.310. The van der Waals surface area contributed by atoms with Crippen LogP contribution in [0.4, 0.5) is 0 Å². The second-order valence-corrected chi connectivity index (χ2v) is 10.1. The summed E-state index contributed by atoms with van der Waals surface area (Å²) in [6, 6.07) is 28.6. The van der Waals surface area contributed by atoms with Gasteiger partial charge in [-0.05, 0) is 41.3 Å².